The molecule has 0 saturated carbocycles. The highest BCUT2D eigenvalue weighted by molar-refractivity contribution is 6.49. The topological polar surface area (TPSA) is 71.2 Å². The highest BCUT2D eigenvalue weighted by Crippen LogP contribution is 2.33. The summed E-state index contributed by atoms with van der Waals surface area (Å²) in [4.78, 5) is 29.6. The number of hydrogen-bond acceptors (Lipinski definition) is 3. The number of nitrogens with one attached hydrogen (secondary N) is 2. The van der Waals surface area contributed by atoms with Gasteiger partial charge in [-0.05, 0) is 30.2 Å². The molecule has 0 saturated heterocycles. The number of benzene rings is 3. The lowest BCUT2D eigenvalue weighted by atomic mass is 10.0. The fourth-order valence-electron chi connectivity index (χ4n) is 3.76. The molecule has 2 N–H and O–H groups in total. The van der Waals surface area contributed by atoms with E-state index >= 15 is 0 Å². The predicted octanol–water partition coefficient (Wildman–Crippen LogP) is 5.53. The average molecular weight is 428 g/mol. The summed E-state index contributed by atoms with van der Waals surface area (Å²) in [6.45, 7) is 3.63. The quantitative estimate of drug-likeness (QED) is 0.231. The highest BCUT2D eigenvalue weighted by Gasteiger charge is 2.26. The summed E-state index contributed by atoms with van der Waals surface area (Å²) in [6, 6.07) is 19.2. The minimum Gasteiger partial charge on any atom is -0.494 e. The van der Waals surface area contributed by atoms with Gasteiger partial charge in [-0.1, -0.05) is 54.6 Å². The monoisotopic (exact) mass is 428 g/mol. The average Bonchev–Trinajstić information content (AvgIpc) is 3.21. The number of aromatic amines is 1. The number of Topliss-reactive ketones (excluding diaryl/α,β-unsaturated/α-hetero) is 1. The molecule has 0 aliphatic carbocycles. The van der Waals surface area contributed by atoms with Crippen LogP contribution in [0.1, 0.15) is 15.9 Å². The second kappa shape index (κ2) is 8.89. The van der Waals surface area contributed by atoms with Gasteiger partial charge < -0.3 is 15.0 Å². The molecule has 6 heteroatoms. The molecule has 0 fully saturated rings. The van der Waals surface area contributed by atoms with E-state index in [9.17, 15) is 14.0 Å². The van der Waals surface area contributed by atoms with Gasteiger partial charge in [0, 0.05) is 16.5 Å². The van der Waals surface area contributed by atoms with E-state index in [1.54, 1.807) is 6.07 Å². The van der Waals surface area contributed by atoms with Crippen molar-refractivity contribution in [3.8, 4) is 17.0 Å². The lowest BCUT2D eigenvalue weighted by Gasteiger charge is -2.14. The molecule has 1 amide bonds. The third-order valence-electron chi connectivity index (χ3n) is 5.21. The van der Waals surface area contributed by atoms with E-state index in [1.807, 2.05) is 48.5 Å². The Bertz CT molecular complexity index is 1330. The number of amides is 1. The molecule has 0 unspecified atom stereocenters. The molecule has 160 valence electrons. The number of halogens is 1. The lowest BCUT2D eigenvalue weighted by molar-refractivity contribution is -0.112. The Morgan fingerprint density at radius 1 is 1.06 bits per heavy atom. The van der Waals surface area contributed by atoms with Crippen molar-refractivity contribution in [3.05, 3.63) is 96.3 Å². The number of anilines is 1. The van der Waals surface area contributed by atoms with Crippen LogP contribution < -0.4 is 10.1 Å². The van der Waals surface area contributed by atoms with Crippen molar-refractivity contribution in [2.24, 2.45) is 0 Å². The zero-order valence-electron chi connectivity index (χ0n) is 17.4. The molecule has 0 aliphatic heterocycles. The van der Waals surface area contributed by atoms with Gasteiger partial charge in [-0.15, -0.1) is 6.58 Å². The van der Waals surface area contributed by atoms with Gasteiger partial charge in [0.25, 0.3) is 11.7 Å². The molecule has 32 heavy (non-hydrogen) atoms. The Morgan fingerprint density at radius 2 is 1.78 bits per heavy atom. The van der Waals surface area contributed by atoms with Gasteiger partial charge in [0.1, 0.15) is 11.6 Å². The van der Waals surface area contributed by atoms with E-state index in [0.717, 1.165) is 11.1 Å². The maximum atomic E-state index is 14.2. The van der Waals surface area contributed by atoms with Gasteiger partial charge in [-0.3, -0.25) is 9.59 Å². The summed E-state index contributed by atoms with van der Waals surface area (Å²) in [5.74, 6) is -1.87. The molecule has 0 bridgehead atoms. The summed E-state index contributed by atoms with van der Waals surface area (Å²) in [5, 5.41) is 3.23. The number of allylic oxidation sites excluding steroid dienone is 1. The number of para-hydroxylation sites is 1. The Morgan fingerprint density at radius 3 is 2.50 bits per heavy atom. The number of ether oxygens (including phenoxy) is 1. The second-order valence-electron chi connectivity index (χ2n) is 7.17. The molecule has 4 rings (SSSR count). The van der Waals surface area contributed by atoms with Crippen molar-refractivity contribution in [3.63, 3.8) is 0 Å². The van der Waals surface area contributed by atoms with Crippen LogP contribution in [0.4, 0.5) is 10.1 Å². The second-order valence-corrected chi connectivity index (χ2v) is 7.17. The number of methoxy groups -OCH3 is 1. The number of fused-ring (bicyclic) bond motifs is 1. The number of carbonyl (C=O) groups excluding carboxylic acids is 2. The van der Waals surface area contributed by atoms with Crippen LogP contribution in [0.15, 0.2) is 79.4 Å². The van der Waals surface area contributed by atoms with Crippen LogP contribution in [0, 0.1) is 5.82 Å². The third-order valence-corrected chi connectivity index (χ3v) is 5.21. The molecule has 0 aliphatic rings. The molecule has 0 spiro atoms. The first-order valence-corrected chi connectivity index (χ1v) is 10.0. The van der Waals surface area contributed by atoms with Gasteiger partial charge in [0.15, 0.2) is 0 Å². The first kappa shape index (κ1) is 21.1. The zero-order valence-corrected chi connectivity index (χ0v) is 17.4. The summed E-state index contributed by atoms with van der Waals surface area (Å²) >= 11 is 0. The first-order valence-electron chi connectivity index (χ1n) is 10.0. The minimum absolute atomic E-state index is 0.160. The van der Waals surface area contributed by atoms with Gasteiger partial charge >= 0.3 is 0 Å². The summed E-state index contributed by atoms with van der Waals surface area (Å²) in [5.41, 5.74) is 2.83. The minimum atomic E-state index is -0.846. The Balaban J connectivity index is 1.76. The number of hydrogen-bond donors (Lipinski definition) is 2. The molecule has 1 aromatic heterocycles. The molecule has 1 heterocycles. The van der Waals surface area contributed by atoms with Crippen LogP contribution in [-0.4, -0.2) is 23.8 Å². The maximum Gasteiger partial charge on any atom is 0.296 e. The first-order chi connectivity index (χ1) is 15.5. The van der Waals surface area contributed by atoms with Crippen molar-refractivity contribution in [1.82, 2.24) is 4.98 Å². The van der Waals surface area contributed by atoms with Gasteiger partial charge in [0.05, 0.1) is 24.1 Å². The van der Waals surface area contributed by atoms with E-state index in [2.05, 4.69) is 16.9 Å². The fraction of sp³-hybridized carbons (Fsp3) is 0.0769. The molecule has 5 nitrogen and oxygen atoms in total. The number of carbonyl (C=O) groups is 2. The summed E-state index contributed by atoms with van der Waals surface area (Å²) in [7, 11) is 1.38. The molecule has 3 aromatic carbocycles. The van der Waals surface area contributed by atoms with E-state index in [4.69, 9.17) is 4.74 Å². The third kappa shape index (κ3) is 3.78. The lowest BCUT2D eigenvalue weighted by Crippen LogP contribution is -2.24. The predicted molar refractivity (Wildman–Crippen MR) is 124 cm³/mol. The summed E-state index contributed by atoms with van der Waals surface area (Å²) in [6.07, 6.45) is 1.75. The molecule has 4 aromatic rings. The van der Waals surface area contributed by atoms with Crippen LogP contribution in [-0.2, 0) is 11.2 Å². The Kier molecular flexibility index (Phi) is 5.85. The SMILES string of the molecule is C=CCc1c(F)ccc(NC(=O)C(=O)c2c(-c3ccccc3)[nH]c3ccccc23)c1OC. The molecular weight excluding hydrogens is 407 g/mol. The van der Waals surface area contributed by atoms with Crippen LogP contribution in [0.2, 0.25) is 0 Å². The van der Waals surface area contributed by atoms with E-state index in [0.29, 0.717) is 11.1 Å². The van der Waals surface area contributed by atoms with Crippen molar-refractivity contribution < 1.29 is 18.7 Å². The zero-order chi connectivity index (χ0) is 22.7. The Hall–Kier alpha value is -4.19. The van der Waals surface area contributed by atoms with Crippen LogP contribution in [0.3, 0.4) is 0 Å². The number of aromatic nitrogens is 1. The molecular formula is C26H21FN2O3. The van der Waals surface area contributed by atoms with Crippen LogP contribution in [0.25, 0.3) is 22.2 Å². The normalized spacial score (nSPS) is 10.7. The maximum absolute atomic E-state index is 14.2. The van der Waals surface area contributed by atoms with Crippen LogP contribution >= 0.6 is 0 Å². The van der Waals surface area contributed by atoms with Crippen molar-refractivity contribution in [2.45, 2.75) is 6.42 Å². The van der Waals surface area contributed by atoms with Crippen molar-refractivity contribution in [2.75, 3.05) is 12.4 Å². The van der Waals surface area contributed by atoms with Crippen molar-refractivity contribution >= 4 is 28.3 Å². The largest absolute Gasteiger partial charge is 0.494 e. The van der Waals surface area contributed by atoms with Gasteiger partial charge in [-0.2, -0.15) is 0 Å². The van der Waals surface area contributed by atoms with E-state index in [1.165, 1.54) is 25.3 Å². The van der Waals surface area contributed by atoms with E-state index in [-0.39, 0.29) is 29.0 Å². The number of H-pyrrole nitrogens is 1. The fourth-order valence-corrected chi connectivity index (χ4v) is 3.76. The highest BCUT2D eigenvalue weighted by atomic mass is 19.1. The number of ketones is 1. The number of rotatable bonds is 7. The van der Waals surface area contributed by atoms with Crippen molar-refractivity contribution in [1.29, 1.82) is 0 Å². The summed E-state index contributed by atoms with van der Waals surface area (Å²) < 4.78 is 19.6. The Labute approximate surface area is 184 Å². The smallest absolute Gasteiger partial charge is 0.296 e. The molecule has 0 radical (unpaired) electrons. The van der Waals surface area contributed by atoms with Crippen LogP contribution in [0.5, 0.6) is 5.75 Å². The van der Waals surface area contributed by atoms with Gasteiger partial charge in [0.2, 0.25) is 0 Å². The standard InChI is InChI=1S/C26H21FN2O3/c1-3-9-17-19(27)14-15-21(25(17)32-2)29-26(31)24(30)22-18-12-7-8-13-20(18)28-23(22)16-10-5-4-6-11-16/h3-8,10-15,28H,1,9H2,2H3,(H,29,31). The molecule has 0 atom stereocenters. The van der Waals surface area contributed by atoms with Gasteiger partial charge in [-0.25, -0.2) is 4.39 Å². The van der Waals surface area contributed by atoms with E-state index < -0.39 is 17.5 Å².